The first-order valence-electron chi connectivity index (χ1n) is 6.81. The molecule has 0 aliphatic heterocycles. The molecule has 0 saturated heterocycles. The van der Waals surface area contributed by atoms with E-state index in [2.05, 4.69) is 16.7 Å². The Labute approximate surface area is 143 Å². The van der Waals surface area contributed by atoms with Crippen molar-refractivity contribution in [2.24, 2.45) is 0 Å². The second-order valence-corrected chi connectivity index (χ2v) is 6.57. The number of anilines is 1. The molecule has 2 rings (SSSR count). The molecule has 0 saturated carbocycles. The number of nitrogens with zero attached hydrogens (tertiary/aromatic N) is 2. The molecule has 4 nitrogen and oxygen atoms in total. The van der Waals surface area contributed by atoms with Crippen molar-refractivity contribution in [3.8, 4) is 5.69 Å². The Morgan fingerprint density at radius 3 is 2.82 bits per heavy atom. The molecule has 1 N–H and O–H groups in total. The van der Waals surface area contributed by atoms with Gasteiger partial charge in [-0.15, -0.1) is 0 Å². The van der Waals surface area contributed by atoms with Gasteiger partial charge in [-0.2, -0.15) is 21.5 Å². The first kappa shape index (κ1) is 17.2. The summed E-state index contributed by atoms with van der Waals surface area (Å²) >= 11 is 14.0. The zero-order chi connectivity index (χ0) is 16.1. The molecule has 0 amide bonds. The van der Waals surface area contributed by atoms with Gasteiger partial charge in [0, 0.05) is 11.6 Å². The molecule has 0 radical (unpaired) electrons. The Morgan fingerprint density at radius 1 is 1.36 bits per heavy atom. The first-order chi connectivity index (χ1) is 10.5. The van der Waals surface area contributed by atoms with E-state index < -0.39 is 0 Å². The lowest BCUT2D eigenvalue weighted by Crippen LogP contribution is -2.23. The summed E-state index contributed by atoms with van der Waals surface area (Å²) in [6, 6.07) is 5.33. The van der Waals surface area contributed by atoms with Crippen molar-refractivity contribution in [3.05, 3.63) is 50.4 Å². The number of thioether (sulfide) groups is 1. The maximum Gasteiger partial charge on any atom is 0.292 e. The molecule has 22 heavy (non-hydrogen) atoms. The molecule has 1 aromatic carbocycles. The molecule has 1 heterocycles. The van der Waals surface area contributed by atoms with Gasteiger partial charge < -0.3 is 5.32 Å². The first-order valence-corrected chi connectivity index (χ1v) is 8.96. The molecule has 118 valence electrons. The van der Waals surface area contributed by atoms with Crippen LogP contribution in [0.25, 0.3) is 5.69 Å². The van der Waals surface area contributed by atoms with E-state index in [1.165, 1.54) is 4.68 Å². The van der Waals surface area contributed by atoms with Crippen LogP contribution in [0.2, 0.25) is 10.0 Å². The minimum absolute atomic E-state index is 0.135. The molecule has 0 atom stereocenters. The van der Waals surface area contributed by atoms with Crippen LogP contribution in [0.1, 0.15) is 12.0 Å². The quantitative estimate of drug-likeness (QED) is 0.793. The van der Waals surface area contributed by atoms with Crippen molar-refractivity contribution >= 4 is 40.7 Å². The van der Waals surface area contributed by atoms with Crippen LogP contribution in [-0.2, 0) is 0 Å². The molecule has 0 bridgehead atoms. The summed E-state index contributed by atoms with van der Waals surface area (Å²) in [5.74, 6) is 1.05. The largest absolute Gasteiger partial charge is 0.382 e. The lowest BCUT2D eigenvalue weighted by Gasteiger charge is -2.10. The van der Waals surface area contributed by atoms with Gasteiger partial charge in [0.1, 0.15) is 5.02 Å². The van der Waals surface area contributed by atoms with Crippen LogP contribution >= 0.6 is 35.0 Å². The van der Waals surface area contributed by atoms with E-state index in [4.69, 9.17) is 23.2 Å². The highest BCUT2D eigenvalue weighted by atomic mass is 35.5. The highest BCUT2D eigenvalue weighted by molar-refractivity contribution is 7.98. The summed E-state index contributed by atoms with van der Waals surface area (Å²) in [5.41, 5.74) is 1.73. The average Bonchev–Trinajstić information content (AvgIpc) is 2.51. The third-order valence-corrected chi connectivity index (χ3v) is 4.63. The van der Waals surface area contributed by atoms with Gasteiger partial charge in [-0.1, -0.05) is 29.3 Å². The number of aromatic nitrogens is 2. The second-order valence-electron chi connectivity index (χ2n) is 4.80. The third kappa shape index (κ3) is 3.97. The minimum atomic E-state index is -0.364. The maximum atomic E-state index is 12.4. The smallest absolute Gasteiger partial charge is 0.292 e. The van der Waals surface area contributed by atoms with Gasteiger partial charge in [-0.3, -0.25) is 4.79 Å². The van der Waals surface area contributed by atoms with Gasteiger partial charge in [-0.05, 0) is 43.0 Å². The fourth-order valence-electron chi connectivity index (χ4n) is 1.89. The Morgan fingerprint density at radius 2 is 2.14 bits per heavy atom. The number of hydrogen-bond donors (Lipinski definition) is 1. The summed E-state index contributed by atoms with van der Waals surface area (Å²) < 4.78 is 1.25. The maximum absolute atomic E-state index is 12.4. The Hall–Kier alpha value is -1.17. The van der Waals surface area contributed by atoms with Crippen molar-refractivity contribution in [1.82, 2.24) is 9.78 Å². The molecule has 0 spiro atoms. The molecule has 0 aliphatic rings. The lowest BCUT2D eigenvalue weighted by molar-refractivity contribution is 0.806. The van der Waals surface area contributed by atoms with Gasteiger partial charge in [0.25, 0.3) is 5.56 Å². The average molecular weight is 358 g/mol. The summed E-state index contributed by atoms with van der Waals surface area (Å²) in [4.78, 5) is 12.4. The van der Waals surface area contributed by atoms with Crippen LogP contribution in [0, 0.1) is 6.92 Å². The Balaban J connectivity index is 2.26. The van der Waals surface area contributed by atoms with E-state index in [1.54, 1.807) is 30.1 Å². The van der Waals surface area contributed by atoms with Crippen molar-refractivity contribution < 1.29 is 0 Å². The Kier molecular flexibility index (Phi) is 6.17. The predicted molar refractivity (Wildman–Crippen MR) is 96.1 cm³/mol. The highest BCUT2D eigenvalue weighted by Crippen LogP contribution is 2.20. The lowest BCUT2D eigenvalue weighted by atomic mass is 10.2. The number of hydrogen-bond acceptors (Lipinski definition) is 4. The number of aryl methyl sites for hydroxylation is 1. The summed E-state index contributed by atoms with van der Waals surface area (Å²) in [7, 11) is 0. The van der Waals surface area contributed by atoms with Crippen LogP contribution in [0.5, 0.6) is 0 Å². The van der Waals surface area contributed by atoms with Crippen LogP contribution in [0.4, 0.5) is 5.69 Å². The number of benzene rings is 1. The normalized spacial score (nSPS) is 10.7. The Bertz CT molecular complexity index is 718. The SMILES string of the molecule is CSCCCNc1cnn(-c2ccc(C)c(Cl)c2)c(=O)c1Cl. The second kappa shape index (κ2) is 7.90. The van der Waals surface area contributed by atoms with Crippen molar-refractivity contribution in [1.29, 1.82) is 0 Å². The van der Waals surface area contributed by atoms with E-state index in [-0.39, 0.29) is 10.6 Å². The van der Waals surface area contributed by atoms with Crippen LogP contribution in [0.3, 0.4) is 0 Å². The van der Waals surface area contributed by atoms with Gasteiger partial charge in [0.15, 0.2) is 0 Å². The zero-order valence-electron chi connectivity index (χ0n) is 12.4. The molecular weight excluding hydrogens is 341 g/mol. The molecule has 7 heteroatoms. The monoisotopic (exact) mass is 357 g/mol. The molecule has 1 aromatic heterocycles. The van der Waals surface area contributed by atoms with E-state index >= 15 is 0 Å². The van der Waals surface area contributed by atoms with E-state index in [1.807, 2.05) is 13.0 Å². The minimum Gasteiger partial charge on any atom is -0.382 e. The fraction of sp³-hybridized carbons (Fsp3) is 0.333. The van der Waals surface area contributed by atoms with E-state index in [0.29, 0.717) is 16.4 Å². The highest BCUT2D eigenvalue weighted by Gasteiger charge is 2.11. The molecule has 0 aliphatic carbocycles. The molecule has 0 unspecified atom stereocenters. The summed E-state index contributed by atoms with van der Waals surface area (Å²) in [6.07, 6.45) is 4.62. The van der Waals surface area contributed by atoms with Crippen molar-refractivity contribution in [3.63, 3.8) is 0 Å². The third-order valence-electron chi connectivity index (χ3n) is 3.16. The van der Waals surface area contributed by atoms with E-state index in [0.717, 1.165) is 24.3 Å². The number of nitrogens with one attached hydrogen (secondary N) is 1. The predicted octanol–water partition coefficient (Wildman–Crippen LogP) is 4.01. The van der Waals surface area contributed by atoms with Crippen molar-refractivity contribution in [2.75, 3.05) is 23.9 Å². The topological polar surface area (TPSA) is 46.9 Å². The molecule has 2 aromatic rings. The summed E-state index contributed by atoms with van der Waals surface area (Å²) in [6.45, 7) is 2.65. The van der Waals surface area contributed by atoms with Gasteiger partial charge >= 0.3 is 0 Å². The zero-order valence-corrected chi connectivity index (χ0v) is 14.7. The molecule has 0 fully saturated rings. The van der Waals surface area contributed by atoms with Crippen LogP contribution in [0.15, 0.2) is 29.2 Å². The summed E-state index contributed by atoms with van der Waals surface area (Å²) in [5, 5.41) is 8.03. The van der Waals surface area contributed by atoms with Gasteiger partial charge in [0.05, 0.1) is 17.6 Å². The van der Waals surface area contributed by atoms with E-state index in [9.17, 15) is 4.79 Å². The standard InChI is InChI=1S/C15H17Cl2N3OS/c1-10-4-5-11(8-12(10)16)20-15(21)14(17)13(9-19-20)18-6-3-7-22-2/h4-5,8-9,18H,3,6-7H2,1-2H3. The number of rotatable bonds is 6. The van der Waals surface area contributed by atoms with Gasteiger partial charge in [0.2, 0.25) is 0 Å². The van der Waals surface area contributed by atoms with Crippen LogP contribution in [-0.4, -0.2) is 28.3 Å². The van der Waals surface area contributed by atoms with Crippen LogP contribution < -0.4 is 10.9 Å². The number of halogens is 2. The van der Waals surface area contributed by atoms with Crippen molar-refractivity contribution in [2.45, 2.75) is 13.3 Å². The molecular formula is C15H17Cl2N3OS. The van der Waals surface area contributed by atoms with Gasteiger partial charge in [-0.25, -0.2) is 0 Å². The fourth-order valence-corrected chi connectivity index (χ4v) is 2.70.